The molecule has 0 amide bonds. The molecule has 6 heteroatoms. The summed E-state index contributed by atoms with van der Waals surface area (Å²) < 4.78 is 38.0. The van der Waals surface area contributed by atoms with Gasteiger partial charge in [0, 0.05) is 26.2 Å². The van der Waals surface area contributed by atoms with Crippen LogP contribution in [0.15, 0.2) is 24.3 Å². The zero-order chi connectivity index (χ0) is 13.9. The number of halogens is 3. The molecule has 1 aromatic rings. The van der Waals surface area contributed by atoms with Gasteiger partial charge in [0.05, 0.1) is 11.6 Å². The molecule has 1 atom stereocenters. The number of piperazine rings is 1. The van der Waals surface area contributed by atoms with Crippen LogP contribution in [0.4, 0.5) is 13.2 Å². The van der Waals surface area contributed by atoms with Gasteiger partial charge in [-0.15, -0.1) is 0 Å². The van der Waals surface area contributed by atoms with Gasteiger partial charge < -0.3 is 5.32 Å². The first-order valence-electron chi connectivity index (χ1n) is 6.04. The van der Waals surface area contributed by atoms with E-state index in [1.54, 1.807) is 6.07 Å². The minimum atomic E-state index is -4.38. The second kappa shape index (κ2) is 5.59. The van der Waals surface area contributed by atoms with Gasteiger partial charge in [0.15, 0.2) is 0 Å². The van der Waals surface area contributed by atoms with Crippen molar-refractivity contribution in [3.63, 3.8) is 0 Å². The summed E-state index contributed by atoms with van der Waals surface area (Å²) >= 11 is 0. The predicted octanol–water partition coefficient (Wildman–Crippen LogP) is 2.18. The Morgan fingerprint density at radius 2 is 1.95 bits per heavy atom. The molecular formula is C13H14F3N3. The monoisotopic (exact) mass is 269 g/mol. The number of nitrogens with zero attached hydrogens (tertiary/aromatic N) is 2. The maximum atomic E-state index is 12.7. The van der Waals surface area contributed by atoms with Gasteiger partial charge in [0.2, 0.25) is 0 Å². The van der Waals surface area contributed by atoms with Crippen LogP contribution in [0.1, 0.15) is 17.2 Å². The van der Waals surface area contributed by atoms with Crippen molar-refractivity contribution < 1.29 is 13.2 Å². The summed E-state index contributed by atoms with van der Waals surface area (Å²) in [5.74, 6) is 0. The van der Waals surface area contributed by atoms with E-state index in [4.69, 9.17) is 0 Å². The average molecular weight is 269 g/mol. The highest BCUT2D eigenvalue weighted by molar-refractivity contribution is 5.31. The Bertz CT molecular complexity index is 473. The van der Waals surface area contributed by atoms with Crippen LogP contribution in [-0.4, -0.2) is 31.1 Å². The smallest absolute Gasteiger partial charge is 0.314 e. The van der Waals surface area contributed by atoms with E-state index in [2.05, 4.69) is 11.4 Å². The van der Waals surface area contributed by atoms with Crippen molar-refractivity contribution in [2.24, 2.45) is 0 Å². The Morgan fingerprint density at radius 3 is 2.53 bits per heavy atom. The van der Waals surface area contributed by atoms with Gasteiger partial charge in [-0.25, -0.2) is 0 Å². The molecule has 1 aromatic carbocycles. The van der Waals surface area contributed by atoms with E-state index in [1.165, 1.54) is 6.07 Å². The number of nitriles is 1. The molecule has 0 spiro atoms. The van der Waals surface area contributed by atoms with Crippen molar-refractivity contribution in [2.75, 3.05) is 26.2 Å². The molecule has 2 rings (SSSR count). The largest absolute Gasteiger partial charge is 0.416 e. The summed E-state index contributed by atoms with van der Waals surface area (Å²) in [5.41, 5.74) is -0.306. The summed E-state index contributed by atoms with van der Waals surface area (Å²) in [4.78, 5) is 1.89. The third kappa shape index (κ3) is 3.25. The van der Waals surface area contributed by atoms with E-state index >= 15 is 0 Å². The fraction of sp³-hybridized carbons (Fsp3) is 0.462. The van der Waals surface area contributed by atoms with Crippen LogP contribution in [0, 0.1) is 11.3 Å². The number of nitrogens with one attached hydrogen (secondary N) is 1. The van der Waals surface area contributed by atoms with Crippen molar-refractivity contribution in [3.05, 3.63) is 35.4 Å². The Labute approximate surface area is 109 Å². The number of benzene rings is 1. The Morgan fingerprint density at radius 1 is 1.26 bits per heavy atom. The zero-order valence-corrected chi connectivity index (χ0v) is 10.2. The minimum absolute atomic E-state index is 0.402. The van der Waals surface area contributed by atoms with Gasteiger partial charge in [-0.05, 0) is 17.7 Å². The minimum Gasteiger partial charge on any atom is -0.314 e. The van der Waals surface area contributed by atoms with Crippen molar-refractivity contribution in [1.29, 1.82) is 5.26 Å². The molecule has 19 heavy (non-hydrogen) atoms. The molecule has 0 aliphatic carbocycles. The SMILES string of the molecule is N#CC(c1cccc(C(F)(F)F)c1)N1CCNCC1. The second-order valence-electron chi connectivity index (χ2n) is 4.44. The zero-order valence-electron chi connectivity index (χ0n) is 10.2. The maximum absolute atomic E-state index is 12.7. The molecule has 0 aromatic heterocycles. The molecule has 1 aliphatic rings. The van der Waals surface area contributed by atoms with Gasteiger partial charge >= 0.3 is 6.18 Å². The lowest BCUT2D eigenvalue weighted by molar-refractivity contribution is -0.137. The third-order valence-corrected chi connectivity index (χ3v) is 3.17. The molecular weight excluding hydrogens is 255 g/mol. The molecule has 1 saturated heterocycles. The molecule has 102 valence electrons. The van der Waals surface area contributed by atoms with Crippen LogP contribution in [0.5, 0.6) is 0 Å². The Kier molecular flexibility index (Phi) is 4.08. The van der Waals surface area contributed by atoms with Gasteiger partial charge in [-0.2, -0.15) is 18.4 Å². The molecule has 1 unspecified atom stereocenters. The molecule has 1 aliphatic heterocycles. The normalized spacial score (nSPS) is 18.8. The summed E-state index contributed by atoms with van der Waals surface area (Å²) in [7, 11) is 0. The van der Waals surface area contributed by atoms with Crippen molar-refractivity contribution >= 4 is 0 Å². The summed E-state index contributed by atoms with van der Waals surface area (Å²) in [6, 6.07) is 6.49. The third-order valence-electron chi connectivity index (χ3n) is 3.17. The highest BCUT2D eigenvalue weighted by atomic mass is 19.4. The summed E-state index contributed by atoms with van der Waals surface area (Å²) in [5, 5.41) is 12.4. The number of hydrogen-bond donors (Lipinski definition) is 1. The van der Waals surface area contributed by atoms with E-state index in [1.807, 2.05) is 4.90 Å². The lowest BCUT2D eigenvalue weighted by atomic mass is 10.0. The number of alkyl halides is 3. The van der Waals surface area contributed by atoms with Crippen LogP contribution < -0.4 is 5.32 Å². The van der Waals surface area contributed by atoms with Crippen LogP contribution in [-0.2, 0) is 6.18 Å². The standard InChI is InChI=1S/C13H14F3N3/c14-13(15,16)11-3-1-2-10(8-11)12(9-17)19-6-4-18-5-7-19/h1-3,8,12,18H,4-7H2. The average Bonchev–Trinajstić information content (AvgIpc) is 2.40. The van der Waals surface area contributed by atoms with Crippen LogP contribution in [0.3, 0.4) is 0 Å². The molecule has 0 bridgehead atoms. The van der Waals surface area contributed by atoms with E-state index < -0.39 is 17.8 Å². The molecule has 1 fully saturated rings. The maximum Gasteiger partial charge on any atom is 0.416 e. The Balaban J connectivity index is 2.26. The van der Waals surface area contributed by atoms with Gasteiger partial charge in [0.1, 0.15) is 6.04 Å². The van der Waals surface area contributed by atoms with Crippen molar-refractivity contribution in [3.8, 4) is 6.07 Å². The molecule has 1 N–H and O–H groups in total. The second-order valence-corrected chi connectivity index (χ2v) is 4.44. The van der Waals surface area contributed by atoms with Crippen molar-refractivity contribution in [1.82, 2.24) is 10.2 Å². The predicted molar refractivity (Wildman–Crippen MR) is 64.2 cm³/mol. The molecule has 0 radical (unpaired) electrons. The van der Waals surface area contributed by atoms with E-state index in [0.29, 0.717) is 18.7 Å². The van der Waals surface area contributed by atoms with E-state index in [0.717, 1.165) is 25.2 Å². The topological polar surface area (TPSA) is 39.1 Å². The van der Waals surface area contributed by atoms with Gasteiger partial charge in [-0.3, -0.25) is 4.90 Å². The first kappa shape index (κ1) is 13.8. The van der Waals surface area contributed by atoms with E-state index in [9.17, 15) is 18.4 Å². The lowest BCUT2D eigenvalue weighted by Crippen LogP contribution is -2.44. The number of hydrogen-bond acceptors (Lipinski definition) is 3. The summed E-state index contributed by atoms with van der Waals surface area (Å²) in [6.07, 6.45) is -4.38. The highest BCUT2D eigenvalue weighted by Crippen LogP contribution is 2.31. The first-order valence-corrected chi connectivity index (χ1v) is 6.04. The quantitative estimate of drug-likeness (QED) is 0.894. The molecule has 3 nitrogen and oxygen atoms in total. The summed E-state index contributed by atoms with van der Waals surface area (Å²) in [6.45, 7) is 2.82. The number of rotatable bonds is 2. The van der Waals surface area contributed by atoms with Gasteiger partial charge in [0.25, 0.3) is 0 Å². The highest BCUT2D eigenvalue weighted by Gasteiger charge is 2.31. The van der Waals surface area contributed by atoms with Gasteiger partial charge in [-0.1, -0.05) is 12.1 Å². The molecule has 0 saturated carbocycles. The van der Waals surface area contributed by atoms with Crippen LogP contribution in [0.25, 0.3) is 0 Å². The van der Waals surface area contributed by atoms with Crippen LogP contribution in [0.2, 0.25) is 0 Å². The fourth-order valence-electron chi connectivity index (χ4n) is 2.19. The van der Waals surface area contributed by atoms with E-state index in [-0.39, 0.29) is 0 Å². The van der Waals surface area contributed by atoms with Crippen molar-refractivity contribution in [2.45, 2.75) is 12.2 Å². The first-order chi connectivity index (χ1) is 9.02. The Hall–Kier alpha value is -1.58. The van der Waals surface area contributed by atoms with Crippen LogP contribution >= 0.6 is 0 Å². The fourth-order valence-corrected chi connectivity index (χ4v) is 2.19. The lowest BCUT2D eigenvalue weighted by Gasteiger charge is -2.31. The molecule has 1 heterocycles.